The van der Waals surface area contributed by atoms with Gasteiger partial charge in [-0.2, -0.15) is 0 Å². The number of likely N-dealkylation sites (N-methyl/N-ethyl adjacent to an activating group) is 1. The SMILES string of the molecule is [Li][CH](OCC)C(C)N(C)C. The van der Waals surface area contributed by atoms with Gasteiger partial charge in [0.15, 0.2) is 0 Å². The normalized spacial score (nSPS) is 17.5. The van der Waals surface area contributed by atoms with Crippen LogP contribution >= 0.6 is 0 Å². The van der Waals surface area contributed by atoms with E-state index in [0.717, 1.165) is 6.61 Å². The molecule has 0 heterocycles. The monoisotopic (exact) mass is 137 g/mol. The summed E-state index contributed by atoms with van der Waals surface area (Å²) in [4.78, 5) is 2.17. The average Bonchev–Trinajstić information content (AvgIpc) is 1.87. The second-order valence-electron chi connectivity index (χ2n) is 2.86. The molecule has 0 aliphatic carbocycles. The fourth-order valence-electron chi connectivity index (χ4n) is 0.822. The van der Waals surface area contributed by atoms with Crippen LogP contribution in [0.1, 0.15) is 13.8 Å². The van der Waals surface area contributed by atoms with Crippen LogP contribution in [0.3, 0.4) is 0 Å². The quantitative estimate of drug-likeness (QED) is 0.522. The first kappa shape index (κ1) is 10.5. The second kappa shape index (κ2) is 5.21. The first-order valence-electron chi connectivity index (χ1n) is 3.87. The van der Waals surface area contributed by atoms with Crippen LogP contribution in [0.2, 0.25) is 0 Å². The van der Waals surface area contributed by atoms with E-state index < -0.39 is 0 Å². The van der Waals surface area contributed by atoms with Crippen molar-refractivity contribution in [3.05, 3.63) is 0 Å². The van der Waals surface area contributed by atoms with Crippen molar-refractivity contribution in [2.24, 2.45) is 0 Å². The molecule has 0 aromatic rings. The van der Waals surface area contributed by atoms with Crippen molar-refractivity contribution in [1.82, 2.24) is 4.90 Å². The van der Waals surface area contributed by atoms with E-state index in [4.69, 9.17) is 4.74 Å². The summed E-state index contributed by atoms with van der Waals surface area (Å²) in [5.74, 6) is 0. The number of hydrogen-bond donors (Lipinski definition) is 0. The standard InChI is InChI=1S/C7H16NO.Li/c1-5-9-6-7(2)8(3)4;/h6-7H,5H2,1-4H3;. The van der Waals surface area contributed by atoms with Gasteiger partial charge in [-0.3, -0.25) is 0 Å². The number of nitrogens with zero attached hydrogens (tertiary/aromatic N) is 1. The average molecular weight is 137 g/mol. The minimum atomic E-state index is 0.333. The third-order valence-corrected chi connectivity index (χ3v) is 1.92. The van der Waals surface area contributed by atoms with E-state index in [-0.39, 0.29) is 0 Å². The van der Waals surface area contributed by atoms with Crippen LogP contribution in [-0.4, -0.2) is 54.1 Å². The van der Waals surface area contributed by atoms with E-state index in [1.807, 2.05) is 6.92 Å². The van der Waals surface area contributed by atoms with Gasteiger partial charge in [0.2, 0.25) is 0 Å². The fourth-order valence-corrected chi connectivity index (χ4v) is 0.822. The molecule has 2 unspecified atom stereocenters. The molecule has 3 heteroatoms. The van der Waals surface area contributed by atoms with Crippen molar-refractivity contribution in [2.75, 3.05) is 20.7 Å². The zero-order chi connectivity index (χ0) is 8.15. The maximum absolute atomic E-state index is 5.42. The Morgan fingerprint density at radius 2 is 2.00 bits per heavy atom. The maximum atomic E-state index is 5.42. The summed E-state index contributed by atoms with van der Waals surface area (Å²) in [5.41, 5.74) is 0. The van der Waals surface area contributed by atoms with Gasteiger partial charge in [-0.1, -0.05) is 0 Å². The Morgan fingerprint density at radius 1 is 1.50 bits per heavy atom. The summed E-state index contributed by atoms with van der Waals surface area (Å²) in [6, 6.07) is 0.500. The van der Waals surface area contributed by atoms with Gasteiger partial charge in [0.25, 0.3) is 0 Å². The van der Waals surface area contributed by atoms with E-state index in [1.54, 1.807) is 0 Å². The number of hydrogen-bond acceptors (Lipinski definition) is 2. The summed E-state index contributed by atoms with van der Waals surface area (Å²) >= 11 is 2.11. The molecular formula is C7H16LiNO. The van der Waals surface area contributed by atoms with Crippen LogP contribution in [0.15, 0.2) is 0 Å². The Balaban J connectivity index is 3.58. The molecule has 0 aromatic heterocycles. The van der Waals surface area contributed by atoms with Gasteiger partial charge in [-0.25, -0.2) is 0 Å². The third-order valence-electron chi connectivity index (χ3n) is 1.92. The molecule has 56 valence electrons. The summed E-state index contributed by atoms with van der Waals surface area (Å²) in [6.07, 6.45) is 0. The molecule has 0 bridgehead atoms. The Labute approximate surface area is 73.1 Å². The van der Waals surface area contributed by atoms with Gasteiger partial charge in [-0.15, -0.1) is 0 Å². The van der Waals surface area contributed by atoms with Gasteiger partial charge in [0.1, 0.15) is 0 Å². The molecular weight excluding hydrogens is 121 g/mol. The molecule has 0 spiro atoms. The second-order valence-corrected chi connectivity index (χ2v) is 2.86. The van der Waals surface area contributed by atoms with Crippen molar-refractivity contribution in [3.63, 3.8) is 0 Å². The first-order chi connectivity index (χ1) is 4.59. The Hall–Kier alpha value is 0.517. The molecule has 0 fully saturated rings. The topological polar surface area (TPSA) is 12.5 Å². The first-order valence-corrected chi connectivity index (χ1v) is 3.87. The van der Waals surface area contributed by atoms with Crippen LogP contribution in [0.5, 0.6) is 0 Å². The zero-order valence-electron chi connectivity index (χ0n) is 7.72. The Kier molecular flexibility index (Phi) is 5.47. The van der Waals surface area contributed by atoms with Crippen molar-refractivity contribution < 1.29 is 4.74 Å². The van der Waals surface area contributed by atoms with Crippen molar-refractivity contribution in [2.45, 2.75) is 24.7 Å². The third kappa shape index (κ3) is 3.63. The fraction of sp³-hybridized carbons (Fsp3) is 1.00. The van der Waals surface area contributed by atoms with E-state index >= 15 is 0 Å². The molecule has 0 aromatic carbocycles. The van der Waals surface area contributed by atoms with Gasteiger partial charge < -0.3 is 0 Å². The van der Waals surface area contributed by atoms with E-state index in [0.29, 0.717) is 10.8 Å². The summed E-state index contributed by atoms with van der Waals surface area (Å²) in [5, 5.41) is 0. The number of ether oxygens (including phenoxy) is 1. The predicted molar refractivity (Wildman–Crippen MR) is 44.3 cm³/mol. The Morgan fingerprint density at radius 3 is 2.30 bits per heavy atom. The molecule has 0 radical (unpaired) electrons. The van der Waals surface area contributed by atoms with E-state index in [2.05, 4.69) is 43.6 Å². The van der Waals surface area contributed by atoms with Crippen LogP contribution in [0.25, 0.3) is 0 Å². The van der Waals surface area contributed by atoms with Crippen LogP contribution < -0.4 is 0 Å². The predicted octanol–water partition coefficient (Wildman–Crippen LogP) is 0.468. The molecule has 0 aliphatic rings. The van der Waals surface area contributed by atoms with Gasteiger partial charge in [0.05, 0.1) is 0 Å². The van der Waals surface area contributed by atoms with Crippen LogP contribution in [0.4, 0.5) is 0 Å². The molecule has 2 nitrogen and oxygen atoms in total. The van der Waals surface area contributed by atoms with Gasteiger partial charge in [-0.05, 0) is 0 Å². The van der Waals surface area contributed by atoms with Gasteiger partial charge >= 0.3 is 72.7 Å². The molecule has 10 heavy (non-hydrogen) atoms. The molecule has 0 rings (SSSR count). The van der Waals surface area contributed by atoms with E-state index in [1.165, 1.54) is 0 Å². The van der Waals surface area contributed by atoms with Gasteiger partial charge in [0, 0.05) is 0 Å². The summed E-state index contributed by atoms with van der Waals surface area (Å²) < 4.78 is 5.76. The minimum absolute atomic E-state index is 0.333. The zero-order valence-corrected chi connectivity index (χ0v) is 7.72. The molecule has 0 amide bonds. The summed E-state index contributed by atoms with van der Waals surface area (Å²) in [6.45, 7) is 5.00. The molecule has 2 atom stereocenters. The van der Waals surface area contributed by atoms with Crippen LogP contribution in [0, 0.1) is 0 Å². The molecule has 0 N–H and O–H groups in total. The van der Waals surface area contributed by atoms with E-state index in [9.17, 15) is 0 Å². The molecule has 0 saturated carbocycles. The number of rotatable bonds is 4. The molecule has 0 aliphatic heterocycles. The van der Waals surface area contributed by atoms with Crippen molar-refractivity contribution in [1.29, 1.82) is 0 Å². The molecule has 0 saturated heterocycles. The van der Waals surface area contributed by atoms with Crippen molar-refractivity contribution >= 4 is 17.7 Å². The van der Waals surface area contributed by atoms with Crippen molar-refractivity contribution in [3.8, 4) is 0 Å². The summed E-state index contributed by atoms with van der Waals surface area (Å²) in [7, 11) is 4.14. The van der Waals surface area contributed by atoms with Crippen LogP contribution in [-0.2, 0) is 4.74 Å². The Bertz CT molecular complexity index is 87.7.